The minimum atomic E-state index is -0.439. The average molecular weight is 401 g/mol. The number of ether oxygens (including phenoxy) is 2. The first-order valence-corrected chi connectivity index (χ1v) is 11.3. The molecule has 0 fully saturated rings. The van der Waals surface area contributed by atoms with E-state index >= 15 is 0 Å². The zero-order valence-corrected chi connectivity index (χ0v) is 19.6. The van der Waals surface area contributed by atoms with Crippen molar-refractivity contribution in [2.45, 2.75) is 104 Å². The van der Waals surface area contributed by atoms with E-state index in [1.54, 1.807) is 0 Å². The number of hydrogen-bond donors (Lipinski definition) is 0. The molecule has 0 aliphatic rings. The van der Waals surface area contributed by atoms with Crippen LogP contribution in [-0.2, 0) is 19.1 Å². The third kappa shape index (κ3) is 15.9. The molecule has 0 radical (unpaired) electrons. The molecule has 0 saturated heterocycles. The summed E-state index contributed by atoms with van der Waals surface area (Å²) in [5.74, 6) is -0.233. The summed E-state index contributed by atoms with van der Waals surface area (Å²) < 4.78 is 12.1. The molecule has 28 heavy (non-hydrogen) atoms. The number of nitrogens with zero attached hydrogens (tertiary/aromatic N) is 1. The first kappa shape index (κ1) is 26.9. The van der Waals surface area contributed by atoms with Gasteiger partial charge in [-0.05, 0) is 31.6 Å². The molecule has 0 spiro atoms. The monoisotopic (exact) mass is 400 g/mol. The van der Waals surface area contributed by atoms with Crippen molar-refractivity contribution >= 4 is 11.9 Å². The Morgan fingerprint density at radius 2 is 1.21 bits per heavy atom. The zero-order valence-electron chi connectivity index (χ0n) is 19.6. The van der Waals surface area contributed by atoms with Crippen molar-refractivity contribution < 1.29 is 23.5 Å². The highest BCUT2D eigenvalue weighted by atomic mass is 16.6. The Balaban J connectivity index is 4.80. The van der Waals surface area contributed by atoms with Crippen molar-refractivity contribution in [2.75, 3.05) is 27.7 Å². The second kappa shape index (κ2) is 14.8. The molecule has 0 saturated carbocycles. The molecule has 5 heteroatoms. The van der Waals surface area contributed by atoms with Crippen molar-refractivity contribution in [2.24, 2.45) is 5.92 Å². The fourth-order valence-electron chi connectivity index (χ4n) is 3.25. The number of hydrogen-bond acceptors (Lipinski definition) is 4. The number of rotatable bonds is 16. The van der Waals surface area contributed by atoms with Crippen molar-refractivity contribution in [1.29, 1.82) is 0 Å². The first-order valence-electron chi connectivity index (χ1n) is 11.3. The number of likely N-dealkylation sites (N-methyl/N-ethyl adjacent to an activating group) is 1. The highest BCUT2D eigenvalue weighted by Gasteiger charge is 2.27. The quantitative estimate of drug-likeness (QED) is 0.205. The van der Waals surface area contributed by atoms with Gasteiger partial charge in [0.2, 0.25) is 0 Å². The van der Waals surface area contributed by atoms with Gasteiger partial charge in [0.05, 0.1) is 27.6 Å². The minimum Gasteiger partial charge on any atom is -0.462 e. The van der Waals surface area contributed by atoms with Crippen LogP contribution in [0.1, 0.15) is 91.9 Å². The van der Waals surface area contributed by atoms with Gasteiger partial charge in [-0.1, -0.05) is 53.4 Å². The lowest BCUT2D eigenvalue weighted by atomic mass is 10.0. The highest BCUT2D eigenvalue weighted by Crippen LogP contribution is 2.17. The second-order valence-electron chi connectivity index (χ2n) is 9.49. The van der Waals surface area contributed by atoms with Gasteiger partial charge < -0.3 is 14.0 Å². The predicted octanol–water partition coefficient (Wildman–Crippen LogP) is 5.11. The Bertz CT molecular complexity index is 419. The van der Waals surface area contributed by atoms with Crippen molar-refractivity contribution in [3.05, 3.63) is 0 Å². The largest absolute Gasteiger partial charge is 0.462 e. The molecule has 1 atom stereocenters. The third-order valence-corrected chi connectivity index (χ3v) is 4.58. The van der Waals surface area contributed by atoms with Crippen molar-refractivity contribution in [1.82, 2.24) is 0 Å². The van der Waals surface area contributed by atoms with Gasteiger partial charge >= 0.3 is 11.9 Å². The number of carbonyl (C=O) groups is 2. The number of carbonyl (C=O) groups excluding carboxylic acids is 2. The van der Waals surface area contributed by atoms with E-state index in [1.807, 2.05) is 35.0 Å². The highest BCUT2D eigenvalue weighted by molar-refractivity contribution is 5.72. The lowest BCUT2D eigenvalue weighted by Gasteiger charge is -2.29. The van der Waals surface area contributed by atoms with Crippen LogP contribution in [0.15, 0.2) is 0 Å². The fraction of sp³-hybridized carbons (Fsp3) is 0.913. The maximum Gasteiger partial charge on any atom is 0.310 e. The van der Waals surface area contributed by atoms with Crippen molar-refractivity contribution in [3.63, 3.8) is 0 Å². The topological polar surface area (TPSA) is 52.6 Å². The molecular formula is C23H46NO4+. The Kier molecular flexibility index (Phi) is 14.3. The molecule has 5 nitrogen and oxygen atoms in total. The van der Waals surface area contributed by atoms with Gasteiger partial charge in [0.15, 0.2) is 6.10 Å². The maximum absolute atomic E-state index is 12.6. The normalized spacial score (nSPS) is 13.0. The van der Waals surface area contributed by atoms with Crippen LogP contribution >= 0.6 is 0 Å². The van der Waals surface area contributed by atoms with Crippen LogP contribution in [0.5, 0.6) is 0 Å². The SMILES string of the molecule is CCCCCC(CCCCC)OC(=O)C[C@H](C[N+](C)(C)C)OC(=O)CC(C)C. The van der Waals surface area contributed by atoms with E-state index in [0.717, 1.165) is 38.5 Å². The standard InChI is InChI=1S/C23H46NO4/c1-8-10-12-14-20(15-13-11-9-2)27-23(26)17-21(18-24(5,6)7)28-22(25)16-19(3)4/h19-21H,8-18H2,1-7H3/q+1/t21-/m1/s1. The number of unbranched alkanes of at least 4 members (excludes halogenated alkanes) is 4. The number of esters is 2. The van der Waals surface area contributed by atoms with Crippen LogP contribution in [0.2, 0.25) is 0 Å². The molecule has 0 rings (SSSR count). The van der Waals surface area contributed by atoms with E-state index in [1.165, 1.54) is 12.8 Å². The third-order valence-electron chi connectivity index (χ3n) is 4.58. The van der Waals surface area contributed by atoms with Gasteiger partial charge in [-0.25, -0.2) is 0 Å². The van der Waals surface area contributed by atoms with Crippen LogP contribution in [0.25, 0.3) is 0 Å². The van der Waals surface area contributed by atoms with Crippen LogP contribution in [0, 0.1) is 5.92 Å². The molecule has 0 aromatic heterocycles. The summed E-state index contributed by atoms with van der Waals surface area (Å²) in [5, 5.41) is 0. The molecule has 0 N–H and O–H groups in total. The molecule has 0 aliphatic heterocycles. The van der Waals surface area contributed by atoms with Gasteiger partial charge in [-0.2, -0.15) is 0 Å². The predicted molar refractivity (Wildman–Crippen MR) is 115 cm³/mol. The van der Waals surface area contributed by atoms with E-state index in [9.17, 15) is 9.59 Å². The molecule has 0 aromatic carbocycles. The van der Waals surface area contributed by atoms with Gasteiger partial charge in [0, 0.05) is 6.42 Å². The maximum atomic E-state index is 12.6. The summed E-state index contributed by atoms with van der Waals surface area (Å²) in [7, 11) is 6.10. The van der Waals surface area contributed by atoms with Crippen LogP contribution in [-0.4, -0.2) is 56.3 Å². The summed E-state index contributed by atoms with van der Waals surface area (Å²) >= 11 is 0. The zero-order chi connectivity index (χ0) is 21.6. The van der Waals surface area contributed by atoms with Crippen LogP contribution in [0.3, 0.4) is 0 Å². The molecule has 166 valence electrons. The van der Waals surface area contributed by atoms with Crippen LogP contribution in [0.4, 0.5) is 0 Å². The van der Waals surface area contributed by atoms with Gasteiger partial charge in [0.1, 0.15) is 12.6 Å². The molecule has 0 heterocycles. The van der Waals surface area contributed by atoms with Gasteiger partial charge in [-0.3, -0.25) is 9.59 Å². The minimum absolute atomic E-state index is 0.0123. The Hall–Kier alpha value is -1.10. The fourth-order valence-corrected chi connectivity index (χ4v) is 3.25. The van der Waals surface area contributed by atoms with Gasteiger partial charge in [-0.15, -0.1) is 0 Å². The van der Waals surface area contributed by atoms with E-state index in [0.29, 0.717) is 17.4 Å². The first-order chi connectivity index (χ1) is 13.1. The lowest BCUT2D eigenvalue weighted by Crippen LogP contribution is -2.44. The summed E-state index contributed by atoms with van der Waals surface area (Å²) in [5.41, 5.74) is 0. The Labute approximate surface area is 173 Å². The molecule has 0 unspecified atom stereocenters. The summed E-state index contributed by atoms with van der Waals surface area (Å²) in [6.45, 7) is 8.93. The summed E-state index contributed by atoms with van der Waals surface area (Å²) in [6.07, 6.45) is 8.74. The van der Waals surface area contributed by atoms with E-state index in [2.05, 4.69) is 13.8 Å². The molecule has 0 amide bonds. The number of quaternary nitrogens is 1. The van der Waals surface area contributed by atoms with Crippen molar-refractivity contribution in [3.8, 4) is 0 Å². The Morgan fingerprint density at radius 3 is 1.64 bits per heavy atom. The second-order valence-corrected chi connectivity index (χ2v) is 9.49. The molecular weight excluding hydrogens is 354 g/mol. The van der Waals surface area contributed by atoms with E-state index in [-0.39, 0.29) is 30.4 Å². The van der Waals surface area contributed by atoms with Gasteiger partial charge in [0.25, 0.3) is 0 Å². The van der Waals surface area contributed by atoms with E-state index < -0.39 is 6.10 Å². The Morgan fingerprint density at radius 1 is 0.750 bits per heavy atom. The molecule has 0 aliphatic carbocycles. The smallest absolute Gasteiger partial charge is 0.310 e. The summed E-state index contributed by atoms with van der Waals surface area (Å²) in [6, 6.07) is 0. The van der Waals surface area contributed by atoms with E-state index in [4.69, 9.17) is 9.47 Å². The van der Waals surface area contributed by atoms with Crippen LogP contribution < -0.4 is 0 Å². The summed E-state index contributed by atoms with van der Waals surface area (Å²) in [4.78, 5) is 24.7. The lowest BCUT2D eigenvalue weighted by molar-refractivity contribution is -0.873. The molecule has 0 aromatic rings. The molecule has 0 bridgehead atoms. The average Bonchev–Trinajstić information content (AvgIpc) is 2.52.